The number of nitrogens with one attached hydrogen (secondary N) is 1. The molecule has 0 aromatic heterocycles. The van der Waals surface area contributed by atoms with Gasteiger partial charge in [0.1, 0.15) is 0 Å². The Kier molecular flexibility index (Phi) is 4.70. The zero-order valence-electron chi connectivity index (χ0n) is 11.4. The minimum Gasteiger partial charge on any atom is -0.335 e. The Morgan fingerprint density at radius 3 is 2.83 bits per heavy atom. The van der Waals surface area contributed by atoms with Crippen molar-refractivity contribution in [1.82, 2.24) is 0 Å². The summed E-state index contributed by atoms with van der Waals surface area (Å²) in [7, 11) is 0. The lowest BCUT2D eigenvalue weighted by Gasteiger charge is -2.23. The third-order valence-electron chi connectivity index (χ3n) is 3.10. The van der Waals surface area contributed by atoms with E-state index in [4.69, 9.17) is 4.99 Å². The summed E-state index contributed by atoms with van der Waals surface area (Å²) in [5.41, 5.74) is 2.60. The molecule has 2 rings (SSSR count). The lowest BCUT2D eigenvalue weighted by Crippen LogP contribution is -2.23. The van der Waals surface area contributed by atoms with E-state index in [9.17, 15) is 0 Å². The summed E-state index contributed by atoms with van der Waals surface area (Å²) >= 11 is 1.85. The average Bonchev–Trinajstić information content (AvgIpc) is 2.30. The van der Waals surface area contributed by atoms with Crippen molar-refractivity contribution >= 4 is 22.6 Å². The van der Waals surface area contributed by atoms with Gasteiger partial charge in [0.05, 0.1) is 6.04 Å². The van der Waals surface area contributed by atoms with Crippen LogP contribution in [0.25, 0.3) is 0 Å². The first-order valence-electron chi connectivity index (χ1n) is 6.78. The number of benzene rings is 1. The Labute approximate surface area is 114 Å². The van der Waals surface area contributed by atoms with Gasteiger partial charge in [0, 0.05) is 10.9 Å². The summed E-state index contributed by atoms with van der Waals surface area (Å²) in [6, 6.07) is 8.98. The lowest BCUT2D eigenvalue weighted by atomic mass is 10.1. The molecule has 2 atom stereocenters. The van der Waals surface area contributed by atoms with Crippen LogP contribution in [0.3, 0.4) is 0 Å². The maximum Gasteiger partial charge on any atom is 0.161 e. The van der Waals surface area contributed by atoms with Crippen LogP contribution in [0.15, 0.2) is 29.3 Å². The Morgan fingerprint density at radius 2 is 2.11 bits per heavy atom. The smallest absolute Gasteiger partial charge is 0.161 e. The van der Waals surface area contributed by atoms with Gasteiger partial charge in [-0.05, 0) is 31.4 Å². The molecule has 98 valence electrons. The highest BCUT2D eigenvalue weighted by Crippen LogP contribution is 2.27. The number of anilines is 1. The van der Waals surface area contributed by atoms with E-state index in [0.717, 1.165) is 11.6 Å². The number of aryl methyl sites for hydroxylation is 1. The van der Waals surface area contributed by atoms with Crippen LogP contribution in [-0.2, 0) is 6.42 Å². The minimum absolute atomic E-state index is 0.432. The third kappa shape index (κ3) is 3.52. The molecule has 1 aromatic rings. The number of hydrogen-bond acceptors (Lipinski definition) is 3. The fourth-order valence-electron chi connectivity index (χ4n) is 2.31. The predicted octanol–water partition coefficient (Wildman–Crippen LogP) is 4.32. The minimum atomic E-state index is 0.432. The van der Waals surface area contributed by atoms with E-state index in [1.807, 2.05) is 11.8 Å². The summed E-state index contributed by atoms with van der Waals surface area (Å²) in [6.45, 7) is 6.68. The Balaban J connectivity index is 2.13. The molecule has 0 amide bonds. The largest absolute Gasteiger partial charge is 0.335 e. The molecule has 0 aliphatic carbocycles. The van der Waals surface area contributed by atoms with Crippen LogP contribution >= 0.6 is 11.8 Å². The first-order chi connectivity index (χ1) is 8.69. The summed E-state index contributed by atoms with van der Waals surface area (Å²) in [6.07, 6.45) is 3.46. The molecule has 0 spiro atoms. The van der Waals surface area contributed by atoms with Gasteiger partial charge in [-0.25, -0.2) is 0 Å². The molecule has 0 radical (unpaired) electrons. The van der Waals surface area contributed by atoms with Crippen LogP contribution in [0.1, 0.15) is 39.2 Å². The van der Waals surface area contributed by atoms with Gasteiger partial charge < -0.3 is 5.32 Å². The van der Waals surface area contributed by atoms with E-state index in [0.29, 0.717) is 11.3 Å². The molecule has 0 saturated carbocycles. The second kappa shape index (κ2) is 6.28. The second-order valence-electron chi connectivity index (χ2n) is 4.98. The van der Waals surface area contributed by atoms with Crippen LogP contribution in [-0.4, -0.2) is 16.5 Å². The summed E-state index contributed by atoms with van der Waals surface area (Å²) in [5.74, 6) is 0. The number of amidine groups is 1. The van der Waals surface area contributed by atoms with E-state index >= 15 is 0 Å². The fraction of sp³-hybridized carbons (Fsp3) is 0.533. The van der Waals surface area contributed by atoms with Crippen molar-refractivity contribution in [3.8, 4) is 0 Å². The quantitative estimate of drug-likeness (QED) is 0.877. The van der Waals surface area contributed by atoms with Crippen molar-refractivity contribution in [1.29, 1.82) is 0 Å². The molecule has 3 heteroatoms. The summed E-state index contributed by atoms with van der Waals surface area (Å²) < 4.78 is 0. The number of nitrogens with zero attached hydrogens (tertiary/aromatic N) is 1. The van der Waals surface area contributed by atoms with Crippen LogP contribution in [0.2, 0.25) is 0 Å². The van der Waals surface area contributed by atoms with Gasteiger partial charge in [-0.15, -0.1) is 0 Å². The monoisotopic (exact) mass is 262 g/mol. The molecule has 0 bridgehead atoms. The lowest BCUT2D eigenvalue weighted by molar-refractivity contribution is 0.661. The van der Waals surface area contributed by atoms with Gasteiger partial charge in [-0.1, -0.05) is 50.2 Å². The van der Waals surface area contributed by atoms with Crippen LogP contribution < -0.4 is 5.32 Å². The zero-order chi connectivity index (χ0) is 13.0. The van der Waals surface area contributed by atoms with Gasteiger partial charge in [-0.3, -0.25) is 4.99 Å². The molecule has 2 unspecified atom stereocenters. The molecule has 1 aliphatic rings. The number of para-hydroxylation sites is 1. The Bertz CT molecular complexity index is 428. The van der Waals surface area contributed by atoms with E-state index in [1.165, 1.54) is 24.1 Å². The molecule has 0 saturated heterocycles. The highest BCUT2D eigenvalue weighted by atomic mass is 32.2. The average molecular weight is 262 g/mol. The van der Waals surface area contributed by atoms with Crippen molar-refractivity contribution < 1.29 is 0 Å². The van der Waals surface area contributed by atoms with Crippen molar-refractivity contribution in [3.63, 3.8) is 0 Å². The summed E-state index contributed by atoms with van der Waals surface area (Å²) in [4.78, 5) is 4.70. The van der Waals surface area contributed by atoms with E-state index in [-0.39, 0.29) is 0 Å². The van der Waals surface area contributed by atoms with E-state index < -0.39 is 0 Å². The number of hydrogen-bond donors (Lipinski definition) is 1. The molecule has 1 aliphatic heterocycles. The third-order valence-corrected chi connectivity index (χ3v) is 4.13. The molecule has 18 heavy (non-hydrogen) atoms. The second-order valence-corrected chi connectivity index (χ2v) is 6.41. The Morgan fingerprint density at radius 1 is 1.33 bits per heavy atom. The number of aliphatic imine (C=N–C) groups is 1. The van der Waals surface area contributed by atoms with Crippen molar-refractivity contribution in [2.75, 3.05) is 5.32 Å². The van der Waals surface area contributed by atoms with Crippen molar-refractivity contribution in [2.24, 2.45) is 4.99 Å². The van der Waals surface area contributed by atoms with Gasteiger partial charge in [-0.2, -0.15) is 0 Å². The highest BCUT2D eigenvalue weighted by molar-refractivity contribution is 8.14. The highest BCUT2D eigenvalue weighted by Gasteiger charge is 2.18. The molecule has 1 aromatic carbocycles. The summed E-state index contributed by atoms with van der Waals surface area (Å²) in [5, 5.41) is 5.23. The topological polar surface area (TPSA) is 24.4 Å². The normalized spacial score (nSPS) is 23.6. The molecule has 0 fully saturated rings. The SMILES string of the molecule is CCCc1ccccc1NC1=NC(C)CC(C)S1. The van der Waals surface area contributed by atoms with Crippen LogP contribution in [0.5, 0.6) is 0 Å². The van der Waals surface area contributed by atoms with Gasteiger partial charge >= 0.3 is 0 Å². The maximum absolute atomic E-state index is 4.70. The molecular formula is C15H22N2S. The standard InChI is InChI=1S/C15H22N2S/c1-4-7-13-8-5-6-9-14(13)17-15-16-11(2)10-12(3)18-15/h5-6,8-9,11-12H,4,7,10H2,1-3H3,(H,16,17). The van der Waals surface area contributed by atoms with Gasteiger partial charge in [0.15, 0.2) is 5.17 Å². The first-order valence-corrected chi connectivity index (χ1v) is 7.66. The van der Waals surface area contributed by atoms with E-state index in [1.54, 1.807) is 0 Å². The van der Waals surface area contributed by atoms with Crippen LogP contribution in [0.4, 0.5) is 5.69 Å². The molecule has 1 N–H and O–H groups in total. The zero-order valence-corrected chi connectivity index (χ0v) is 12.3. The van der Waals surface area contributed by atoms with Crippen LogP contribution in [0, 0.1) is 0 Å². The molecular weight excluding hydrogens is 240 g/mol. The molecule has 2 nitrogen and oxygen atoms in total. The van der Waals surface area contributed by atoms with Gasteiger partial charge in [0.2, 0.25) is 0 Å². The Hall–Kier alpha value is -0.960. The number of rotatable bonds is 3. The van der Waals surface area contributed by atoms with Gasteiger partial charge in [0.25, 0.3) is 0 Å². The van der Waals surface area contributed by atoms with Crippen molar-refractivity contribution in [3.05, 3.63) is 29.8 Å². The molecule has 1 heterocycles. The number of thioether (sulfide) groups is 1. The van der Waals surface area contributed by atoms with Crippen molar-refractivity contribution in [2.45, 2.75) is 51.3 Å². The fourth-order valence-corrected chi connectivity index (χ4v) is 3.47. The predicted molar refractivity (Wildman–Crippen MR) is 82.6 cm³/mol. The van der Waals surface area contributed by atoms with E-state index in [2.05, 4.69) is 50.4 Å². The first kappa shape index (κ1) is 13.5. The maximum atomic E-state index is 4.70.